The Kier molecular flexibility index (Phi) is 6.49. The first-order chi connectivity index (χ1) is 13.1. The number of aromatic nitrogens is 2. The smallest absolute Gasteiger partial charge is 0.223 e. The van der Waals surface area contributed by atoms with Crippen molar-refractivity contribution < 1.29 is 14.3 Å². The van der Waals surface area contributed by atoms with Crippen LogP contribution in [0.4, 0.5) is 5.82 Å². The van der Waals surface area contributed by atoms with Crippen molar-refractivity contribution in [3.05, 3.63) is 40.8 Å². The maximum atomic E-state index is 12.6. The van der Waals surface area contributed by atoms with E-state index < -0.39 is 0 Å². The largest absolute Gasteiger partial charge is 0.493 e. The van der Waals surface area contributed by atoms with Gasteiger partial charge in [0.05, 0.1) is 24.9 Å². The topological polar surface area (TPSA) is 76.6 Å². The number of amides is 1. The number of nitrogens with one attached hydrogen (secondary N) is 1. The molecule has 27 heavy (non-hydrogen) atoms. The number of carbonyl (C=O) groups is 1. The molecule has 3 rings (SSSR count). The predicted octanol–water partition coefficient (Wildman–Crippen LogP) is 2.79. The summed E-state index contributed by atoms with van der Waals surface area (Å²) >= 11 is 3.48. The molecule has 0 saturated carbocycles. The van der Waals surface area contributed by atoms with Crippen LogP contribution in [-0.4, -0.2) is 43.2 Å². The van der Waals surface area contributed by atoms with Crippen molar-refractivity contribution in [1.29, 1.82) is 0 Å². The van der Waals surface area contributed by atoms with Crippen molar-refractivity contribution in [3.8, 4) is 11.5 Å². The molecule has 144 valence electrons. The van der Waals surface area contributed by atoms with Crippen LogP contribution in [0.5, 0.6) is 11.5 Å². The van der Waals surface area contributed by atoms with Gasteiger partial charge in [-0.3, -0.25) is 9.78 Å². The molecule has 1 saturated heterocycles. The van der Waals surface area contributed by atoms with Gasteiger partial charge in [-0.15, -0.1) is 0 Å². The van der Waals surface area contributed by atoms with E-state index in [0.29, 0.717) is 18.0 Å². The van der Waals surface area contributed by atoms with Gasteiger partial charge in [0, 0.05) is 37.9 Å². The number of nitrogens with zero attached hydrogens (tertiary/aromatic N) is 3. The minimum atomic E-state index is 0.0153. The number of ether oxygens (including phenoxy) is 2. The number of halogens is 1. The fraction of sp³-hybridized carbons (Fsp3) is 0.421. The van der Waals surface area contributed by atoms with Crippen LogP contribution in [0.15, 0.2) is 35.2 Å². The minimum absolute atomic E-state index is 0.0153. The molecule has 1 aliphatic heterocycles. The molecule has 2 heterocycles. The van der Waals surface area contributed by atoms with Gasteiger partial charge in [0.2, 0.25) is 5.91 Å². The van der Waals surface area contributed by atoms with Gasteiger partial charge in [0.1, 0.15) is 5.82 Å². The van der Waals surface area contributed by atoms with E-state index in [9.17, 15) is 4.79 Å². The second-order valence-electron chi connectivity index (χ2n) is 6.36. The number of anilines is 1. The molecule has 1 aliphatic rings. The van der Waals surface area contributed by atoms with E-state index in [1.165, 1.54) is 0 Å². The molecule has 8 heteroatoms. The highest BCUT2D eigenvalue weighted by Crippen LogP contribution is 2.36. The second kappa shape index (κ2) is 9.03. The number of rotatable bonds is 6. The van der Waals surface area contributed by atoms with Gasteiger partial charge in [0.15, 0.2) is 11.5 Å². The molecule has 1 aromatic heterocycles. The Bertz CT molecular complexity index is 780. The lowest BCUT2D eigenvalue weighted by molar-refractivity contribution is -0.125. The number of hydrogen-bond donors (Lipinski definition) is 1. The quantitative estimate of drug-likeness (QED) is 0.752. The first kappa shape index (κ1) is 19.4. The molecule has 0 radical (unpaired) electrons. The summed E-state index contributed by atoms with van der Waals surface area (Å²) in [6.45, 7) is 2.06. The number of carbonyl (C=O) groups excluding carboxylic acids is 1. The maximum absolute atomic E-state index is 12.6. The Morgan fingerprint density at radius 1 is 1.26 bits per heavy atom. The lowest BCUT2D eigenvalue weighted by Crippen LogP contribution is -2.40. The number of piperidine rings is 1. The van der Waals surface area contributed by atoms with Crippen LogP contribution in [0.25, 0.3) is 0 Å². The first-order valence-corrected chi connectivity index (χ1v) is 9.60. The normalized spacial score (nSPS) is 14.7. The molecule has 0 aliphatic carbocycles. The van der Waals surface area contributed by atoms with Gasteiger partial charge in [0.25, 0.3) is 0 Å². The molecule has 1 amide bonds. The van der Waals surface area contributed by atoms with E-state index in [1.54, 1.807) is 32.8 Å². The molecule has 0 atom stereocenters. The van der Waals surface area contributed by atoms with Crippen molar-refractivity contribution in [1.82, 2.24) is 15.3 Å². The van der Waals surface area contributed by atoms with Crippen LogP contribution in [-0.2, 0) is 11.3 Å². The van der Waals surface area contributed by atoms with Gasteiger partial charge in [-0.25, -0.2) is 4.98 Å². The molecule has 1 aromatic carbocycles. The monoisotopic (exact) mass is 434 g/mol. The Morgan fingerprint density at radius 3 is 2.67 bits per heavy atom. The van der Waals surface area contributed by atoms with Gasteiger partial charge in [-0.05, 0) is 46.5 Å². The molecule has 7 nitrogen and oxygen atoms in total. The van der Waals surface area contributed by atoms with Crippen LogP contribution in [0.2, 0.25) is 0 Å². The van der Waals surface area contributed by atoms with Crippen molar-refractivity contribution >= 4 is 27.7 Å². The summed E-state index contributed by atoms with van der Waals surface area (Å²) in [5, 5.41) is 3.04. The number of methoxy groups -OCH3 is 2. The molecular weight excluding hydrogens is 412 g/mol. The van der Waals surface area contributed by atoms with Crippen molar-refractivity contribution in [3.63, 3.8) is 0 Å². The summed E-state index contributed by atoms with van der Waals surface area (Å²) in [4.78, 5) is 23.1. The van der Waals surface area contributed by atoms with E-state index >= 15 is 0 Å². The Morgan fingerprint density at radius 2 is 2.04 bits per heavy atom. The highest BCUT2D eigenvalue weighted by molar-refractivity contribution is 9.10. The van der Waals surface area contributed by atoms with E-state index in [-0.39, 0.29) is 11.8 Å². The standard InChI is InChI=1S/C19H23BrN4O3/c1-26-16-10-13(9-15(20)18(16)27-2)11-23-19(25)14-3-7-24(8-4-14)17-12-21-5-6-22-17/h5-6,9-10,12,14H,3-4,7-8,11H2,1-2H3,(H,23,25). The van der Waals surface area contributed by atoms with E-state index in [1.807, 2.05) is 12.1 Å². The minimum Gasteiger partial charge on any atom is -0.493 e. The number of hydrogen-bond acceptors (Lipinski definition) is 6. The van der Waals surface area contributed by atoms with Crippen LogP contribution >= 0.6 is 15.9 Å². The van der Waals surface area contributed by atoms with Crippen molar-refractivity contribution in [2.75, 3.05) is 32.2 Å². The van der Waals surface area contributed by atoms with Crippen LogP contribution in [0.1, 0.15) is 18.4 Å². The molecule has 1 fully saturated rings. The molecule has 2 aromatic rings. The zero-order valence-electron chi connectivity index (χ0n) is 15.4. The summed E-state index contributed by atoms with van der Waals surface area (Å²) in [7, 11) is 3.19. The SMILES string of the molecule is COc1cc(CNC(=O)C2CCN(c3cnccn3)CC2)cc(Br)c1OC. The van der Waals surface area contributed by atoms with Gasteiger partial charge in [-0.1, -0.05) is 0 Å². The van der Waals surface area contributed by atoms with Crippen LogP contribution in [0.3, 0.4) is 0 Å². The fourth-order valence-corrected chi connectivity index (χ4v) is 3.88. The lowest BCUT2D eigenvalue weighted by atomic mass is 9.96. The second-order valence-corrected chi connectivity index (χ2v) is 7.21. The summed E-state index contributed by atoms with van der Waals surface area (Å²) < 4.78 is 11.5. The van der Waals surface area contributed by atoms with E-state index in [2.05, 4.69) is 36.1 Å². The summed E-state index contributed by atoms with van der Waals surface area (Å²) in [6.07, 6.45) is 6.72. The summed E-state index contributed by atoms with van der Waals surface area (Å²) in [5.41, 5.74) is 0.949. The van der Waals surface area contributed by atoms with Gasteiger partial charge < -0.3 is 19.7 Å². The fourth-order valence-electron chi connectivity index (χ4n) is 3.23. The van der Waals surface area contributed by atoms with E-state index in [4.69, 9.17) is 9.47 Å². The molecular formula is C19H23BrN4O3. The highest BCUT2D eigenvalue weighted by atomic mass is 79.9. The zero-order valence-corrected chi connectivity index (χ0v) is 17.0. The maximum Gasteiger partial charge on any atom is 0.223 e. The van der Waals surface area contributed by atoms with Gasteiger partial charge >= 0.3 is 0 Å². The van der Waals surface area contributed by atoms with Crippen molar-refractivity contribution in [2.45, 2.75) is 19.4 Å². The van der Waals surface area contributed by atoms with Crippen LogP contribution < -0.4 is 19.7 Å². The zero-order chi connectivity index (χ0) is 19.2. The summed E-state index contributed by atoms with van der Waals surface area (Å²) in [5.74, 6) is 2.24. The lowest BCUT2D eigenvalue weighted by Gasteiger charge is -2.31. The Labute approximate surface area is 167 Å². The number of benzene rings is 1. The molecule has 1 N–H and O–H groups in total. The third-order valence-electron chi connectivity index (χ3n) is 4.70. The summed E-state index contributed by atoms with van der Waals surface area (Å²) in [6, 6.07) is 3.80. The van der Waals surface area contributed by atoms with Gasteiger partial charge in [-0.2, -0.15) is 0 Å². The predicted molar refractivity (Wildman–Crippen MR) is 106 cm³/mol. The Balaban J connectivity index is 1.54. The molecule has 0 unspecified atom stereocenters. The third kappa shape index (κ3) is 4.68. The van der Waals surface area contributed by atoms with Crippen LogP contribution in [0, 0.1) is 5.92 Å². The van der Waals surface area contributed by atoms with E-state index in [0.717, 1.165) is 41.8 Å². The third-order valence-corrected chi connectivity index (χ3v) is 5.29. The average molecular weight is 435 g/mol. The average Bonchev–Trinajstić information content (AvgIpc) is 2.72. The molecule has 0 spiro atoms. The highest BCUT2D eigenvalue weighted by Gasteiger charge is 2.25. The van der Waals surface area contributed by atoms with Crippen molar-refractivity contribution in [2.24, 2.45) is 5.92 Å². The molecule has 0 bridgehead atoms. The first-order valence-electron chi connectivity index (χ1n) is 8.81. The Hall–Kier alpha value is -2.35.